The molecule has 0 saturated heterocycles. The van der Waals surface area contributed by atoms with Gasteiger partial charge >= 0.3 is 0 Å². The number of rotatable bonds is 3. The third-order valence-corrected chi connectivity index (χ3v) is 4.15. The third kappa shape index (κ3) is 1.21. The van der Waals surface area contributed by atoms with Crippen molar-refractivity contribution in [3.63, 3.8) is 0 Å². The molecule has 2 aliphatic carbocycles. The zero-order chi connectivity index (χ0) is 8.06. The van der Waals surface area contributed by atoms with Crippen LogP contribution in [0.2, 0.25) is 0 Å². The average Bonchev–Trinajstić information content (AvgIpc) is 2.79. The van der Waals surface area contributed by atoms with Crippen molar-refractivity contribution in [2.45, 2.75) is 46.5 Å². The van der Waals surface area contributed by atoms with E-state index in [1.807, 2.05) is 0 Å². The second kappa shape index (κ2) is 2.24. The number of hydrogen-bond acceptors (Lipinski definition) is 0. The molecule has 0 heteroatoms. The summed E-state index contributed by atoms with van der Waals surface area (Å²) in [5.74, 6) is 3.22. The fourth-order valence-electron chi connectivity index (χ4n) is 2.52. The van der Waals surface area contributed by atoms with Gasteiger partial charge in [-0.3, -0.25) is 0 Å². The van der Waals surface area contributed by atoms with Crippen molar-refractivity contribution >= 4 is 0 Å². The lowest BCUT2D eigenvalue weighted by Gasteiger charge is -2.10. The number of hydrogen-bond donors (Lipinski definition) is 0. The Bertz CT molecular complexity index is 155. The standard InChI is InChI=1S/C11H20/c1-4-8(2)9-7-10(9)11(3)5-6-11/h8-10H,4-7H2,1-3H3. The van der Waals surface area contributed by atoms with Crippen molar-refractivity contribution in [1.82, 2.24) is 0 Å². The fourth-order valence-corrected chi connectivity index (χ4v) is 2.52. The van der Waals surface area contributed by atoms with E-state index in [1.165, 1.54) is 19.3 Å². The van der Waals surface area contributed by atoms with Gasteiger partial charge in [0.25, 0.3) is 0 Å². The van der Waals surface area contributed by atoms with E-state index in [2.05, 4.69) is 20.8 Å². The van der Waals surface area contributed by atoms with Gasteiger partial charge in [0.15, 0.2) is 0 Å². The molecule has 2 rings (SSSR count). The molecule has 0 aromatic heterocycles. The van der Waals surface area contributed by atoms with Crippen LogP contribution >= 0.6 is 0 Å². The van der Waals surface area contributed by atoms with Crippen molar-refractivity contribution in [2.75, 3.05) is 0 Å². The first-order valence-corrected chi connectivity index (χ1v) is 5.17. The highest BCUT2D eigenvalue weighted by Gasteiger charge is 2.56. The van der Waals surface area contributed by atoms with Crippen LogP contribution in [0.5, 0.6) is 0 Å². The zero-order valence-electron chi connectivity index (χ0n) is 8.06. The van der Waals surface area contributed by atoms with E-state index in [9.17, 15) is 0 Å². The topological polar surface area (TPSA) is 0 Å². The first kappa shape index (κ1) is 7.64. The summed E-state index contributed by atoms with van der Waals surface area (Å²) in [6.45, 7) is 7.24. The molecule has 0 radical (unpaired) electrons. The first-order chi connectivity index (χ1) is 5.17. The minimum absolute atomic E-state index is 0.814. The summed E-state index contributed by atoms with van der Waals surface area (Å²) in [6, 6.07) is 0. The van der Waals surface area contributed by atoms with Gasteiger partial charge in [-0.15, -0.1) is 0 Å². The Morgan fingerprint density at radius 2 is 2.09 bits per heavy atom. The monoisotopic (exact) mass is 152 g/mol. The molecule has 0 nitrogen and oxygen atoms in total. The zero-order valence-corrected chi connectivity index (χ0v) is 8.06. The van der Waals surface area contributed by atoms with Crippen molar-refractivity contribution < 1.29 is 0 Å². The summed E-state index contributed by atoms with van der Waals surface area (Å²) < 4.78 is 0. The lowest BCUT2D eigenvalue weighted by Crippen LogP contribution is -2.03. The van der Waals surface area contributed by atoms with Crippen molar-refractivity contribution in [2.24, 2.45) is 23.2 Å². The van der Waals surface area contributed by atoms with Gasteiger partial charge in [-0.2, -0.15) is 0 Å². The van der Waals surface area contributed by atoms with E-state index in [0.717, 1.165) is 23.2 Å². The predicted molar refractivity (Wildman–Crippen MR) is 48.4 cm³/mol. The van der Waals surface area contributed by atoms with Crippen LogP contribution in [0.15, 0.2) is 0 Å². The summed E-state index contributed by atoms with van der Waals surface area (Å²) in [7, 11) is 0. The van der Waals surface area contributed by atoms with Crippen LogP contribution in [0.4, 0.5) is 0 Å². The van der Waals surface area contributed by atoms with Crippen LogP contribution in [0.25, 0.3) is 0 Å². The molecule has 2 aliphatic rings. The molecule has 0 aliphatic heterocycles. The summed E-state index contributed by atoms with van der Waals surface area (Å²) in [4.78, 5) is 0. The Kier molecular flexibility index (Phi) is 1.56. The first-order valence-electron chi connectivity index (χ1n) is 5.17. The normalized spacial score (nSPS) is 41.7. The van der Waals surface area contributed by atoms with Crippen LogP contribution in [0.1, 0.15) is 46.5 Å². The van der Waals surface area contributed by atoms with Crippen molar-refractivity contribution in [3.05, 3.63) is 0 Å². The summed E-state index contributed by atoms with van der Waals surface area (Å²) in [5.41, 5.74) is 0.814. The fraction of sp³-hybridized carbons (Fsp3) is 1.00. The summed E-state index contributed by atoms with van der Waals surface area (Å²) in [6.07, 6.45) is 5.97. The largest absolute Gasteiger partial charge is 0.0651 e. The summed E-state index contributed by atoms with van der Waals surface area (Å²) in [5, 5.41) is 0. The van der Waals surface area contributed by atoms with E-state index in [0.29, 0.717) is 0 Å². The van der Waals surface area contributed by atoms with Gasteiger partial charge in [-0.1, -0.05) is 27.2 Å². The maximum absolute atomic E-state index is 2.49. The minimum Gasteiger partial charge on any atom is -0.0651 e. The average molecular weight is 152 g/mol. The van der Waals surface area contributed by atoms with E-state index >= 15 is 0 Å². The van der Waals surface area contributed by atoms with Crippen LogP contribution in [0, 0.1) is 23.2 Å². The van der Waals surface area contributed by atoms with Gasteiger partial charge in [0.1, 0.15) is 0 Å². The van der Waals surface area contributed by atoms with Gasteiger partial charge < -0.3 is 0 Å². The van der Waals surface area contributed by atoms with Gasteiger partial charge in [0, 0.05) is 0 Å². The maximum Gasteiger partial charge on any atom is -0.0294 e. The molecule has 0 aromatic rings. The third-order valence-electron chi connectivity index (χ3n) is 4.15. The molecule has 3 atom stereocenters. The molecule has 64 valence electrons. The molecule has 0 aromatic carbocycles. The molecule has 0 bridgehead atoms. The highest BCUT2D eigenvalue weighted by molar-refractivity contribution is 5.06. The molecule has 2 fully saturated rings. The van der Waals surface area contributed by atoms with Crippen molar-refractivity contribution in [3.8, 4) is 0 Å². The highest BCUT2D eigenvalue weighted by Crippen LogP contribution is 2.65. The Morgan fingerprint density at radius 1 is 1.45 bits per heavy atom. The molecule has 0 spiro atoms. The molecular formula is C11H20. The maximum atomic E-state index is 2.49. The van der Waals surface area contributed by atoms with Crippen LogP contribution in [0.3, 0.4) is 0 Å². The van der Waals surface area contributed by atoms with Gasteiger partial charge in [-0.25, -0.2) is 0 Å². The Balaban J connectivity index is 1.85. The second-order valence-electron chi connectivity index (χ2n) is 5.05. The molecule has 0 N–H and O–H groups in total. The Hall–Kier alpha value is 0. The molecular weight excluding hydrogens is 132 g/mol. The quantitative estimate of drug-likeness (QED) is 0.581. The van der Waals surface area contributed by atoms with Crippen LogP contribution in [-0.4, -0.2) is 0 Å². The van der Waals surface area contributed by atoms with E-state index < -0.39 is 0 Å². The molecule has 3 unspecified atom stereocenters. The van der Waals surface area contributed by atoms with E-state index in [4.69, 9.17) is 0 Å². The lowest BCUT2D eigenvalue weighted by molar-refractivity contribution is 0.385. The lowest BCUT2D eigenvalue weighted by atomic mass is 9.95. The Morgan fingerprint density at radius 3 is 2.55 bits per heavy atom. The van der Waals surface area contributed by atoms with Crippen molar-refractivity contribution in [1.29, 1.82) is 0 Å². The van der Waals surface area contributed by atoms with E-state index in [-0.39, 0.29) is 0 Å². The smallest absolute Gasteiger partial charge is 0.0294 e. The summed E-state index contributed by atoms with van der Waals surface area (Å²) >= 11 is 0. The van der Waals surface area contributed by atoms with Gasteiger partial charge in [-0.05, 0) is 42.4 Å². The van der Waals surface area contributed by atoms with Gasteiger partial charge in [0.2, 0.25) is 0 Å². The predicted octanol–water partition coefficient (Wildman–Crippen LogP) is 3.47. The minimum atomic E-state index is 0.814. The Labute approximate surface area is 70.4 Å². The van der Waals surface area contributed by atoms with Crippen LogP contribution in [-0.2, 0) is 0 Å². The molecule has 2 saturated carbocycles. The van der Waals surface area contributed by atoms with Gasteiger partial charge in [0.05, 0.1) is 0 Å². The molecule has 0 amide bonds. The SMILES string of the molecule is CCC(C)C1CC1C1(C)CC1. The van der Waals surface area contributed by atoms with E-state index in [1.54, 1.807) is 6.42 Å². The highest BCUT2D eigenvalue weighted by atomic mass is 14.6. The molecule has 11 heavy (non-hydrogen) atoms. The second-order valence-corrected chi connectivity index (χ2v) is 5.05. The van der Waals surface area contributed by atoms with Crippen LogP contribution < -0.4 is 0 Å². The molecule has 0 heterocycles.